The van der Waals surface area contributed by atoms with Gasteiger partial charge >= 0.3 is 5.97 Å². The number of nitrogens with one attached hydrogen (secondary N) is 1. The topological polar surface area (TPSA) is 84.9 Å². The molecule has 0 saturated carbocycles. The zero-order valence-electron chi connectivity index (χ0n) is 11.5. The van der Waals surface area contributed by atoms with E-state index in [4.69, 9.17) is 21.2 Å². The van der Waals surface area contributed by atoms with Crippen LogP contribution >= 0.6 is 11.6 Å². The molecule has 2 aliphatic heterocycles. The fraction of sp³-hybridized carbons (Fsp3) is 0.214. The fourth-order valence-electron chi connectivity index (χ4n) is 2.28. The van der Waals surface area contributed by atoms with Crippen molar-refractivity contribution in [1.29, 1.82) is 0 Å². The van der Waals surface area contributed by atoms with E-state index in [1.54, 1.807) is 19.1 Å². The first-order valence-electron chi connectivity index (χ1n) is 6.51. The van der Waals surface area contributed by atoms with Gasteiger partial charge in [0.15, 0.2) is 11.8 Å². The van der Waals surface area contributed by atoms with Gasteiger partial charge in [-0.1, -0.05) is 11.6 Å². The Kier molecular flexibility index (Phi) is 3.59. The Morgan fingerprint density at radius 1 is 1.36 bits per heavy atom. The van der Waals surface area contributed by atoms with E-state index in [0.29, 0.717) is 10.7 Å². The number of carbonyl (C=O) groups excluding carboxylic acids is 3. The summed E-state index contributed by atoms with van der Waals surface area (Å²) in [7, 11) is 0. The van der Waals surface area contributed by atoms with E-state index in [2.05, 4.69) is 5.48 Å². The van der Waals surface area contributed by atoms with Crippen LogP contribution in [0.25, 0.3) is 0 Å². The minimum absolute atomic E-state index is 0.0431. The summed E-state index contributed by atoms with van der Waals surface area (Å²) in [4.78, 5) is 42.6. The number of nitrogens with zero attached hydrogens (tertiary/aromatic N) is 1. The largest absolute Gasteiger partial charge is 0.461 e. The molecule has 1 fully saturated rings. The molecule has 1 aromatic carbocycles. The average molecular weight is 323 g/mol. The van der Waals surface area contributed by atoms with Crippen molar-refractivity contribution in [2.24, 2.45) is 0 Å². The lowest BCUT2D eigenvalue weighted by molar-refractivity contribution is -0.141. The lowest BCUT2D eigenvalue weighted by Gasteiger charge is -2.15. The van der Waals surface area contributed by atoms with Gasteiger partial charge in [-0.3, -0.25) is 19.9 Å². The number of amides is 2. The van der Waals surface area contributed by atoms with Crippen molar-refractivity contribution in [1.82, 2.24) is 5.48 Å². The van der Waals surface area contributed by atoms with E-state index in [9.17, 15) is 14.4 Å². The molecule has 1 atom stereocenters. The van der Waals surface area contributed by atoms with Crippen LogP contribution in [0.4, 0.5) is 5.69 Å². The predicted molar refractivity (Wildman–Crippen MR) is 75.6 cm³/mol. The number of hydroxylamine groups is 1. The molecule has 8 heteroatoms. The Morgan fingerprint density at radius 2 is 2.05 bits per heavy atom. The van der Waals surface area contributed by atoms with E-state index in [-0.39, 0.29) is 17.9 Å². The first kappa shape index (κ1) is 14.6. The molecule has 2 aliphatic rings. The molecule has 2 heterocycles. The molecule has 7 nitrogen and oxygen atoms in total. The second kappa shape index (κ2) is 5.43. The third-order valence-electron chi connectivity index (χ3n) is 3.25. The number of fused-ring (bicyclic) bond motifs is 1. The van der Waals surface area contributed by atoms with Crippen LogP contribution in [0.3, 0.4) is 0 Å². The summed E-state index contributed by atoms with van der Waals surface area (Å²) in [6.45, 7) is 1.78. The minimum atomic E-state index is -1.15. The van der Waals surface area contributed by atoms with Crippen molar-refractivity contribution < 1.29 is 24.0 Å². The number of hydrogen-bond donors (Lipinski definition) is 1. The maximum atomic E-state index is 12.5. The van der Waals surface area contributed by atoms with Gasteiger partial charge in [0.25, 0.3) is 11.8 Å². The van der Waals surface area contributed by atoms with Crippen molar-refractivity contribution in [3.63, 3.8) is 0 Å². The second-order valence-corrected chi connectivity index (χ2v) is 5.00. The zero-order chi connectivity index (χ0) is 15.9. The summed E-state index contributed by atoms with van der Waals surface area (Å²) in [6, 6.07) is 6.20. The molecular weight excluding hydrogens is 312 g/mol. The monoisotopic (exact) mass is 322 g/mol. The van der Waals surface area contributed by atoms with Crippen LogP contribution in [0.1, 0.15) is 6.92 Å². The minimum Gasteiger partial charge on any atom is -0.461 e. The SMILES string of the molecule is CCOC(=O)C1=C2C(=O)N(c3ccc(Cl)cc3)C(=O)[C@@H]2ON1. The summed E-state index contributed by atoms with van der Waals surface area (Å²) >= 11 is 5.79. The van der Waals surface area contributed by atoms with Gasteiger partial charge in [0.1, 0.15) is 0 Å². The molecule has 1 aromatic rings. The van der Waals surface area contributed by atoms with E-state index < -0.39 is 23.9 Å². The molecule has 0 radical (unpaired) electrons. The van der Waals surface area contributed by atoms with Crippen molar-refractivity contribution in [2.75, 3.05) is 11.5 Å². The Hall–Kier alpha value is -2.38. The van der Waals surface area contributed by atoms with E-state index >= 15 is 0 Å². The number of carbonyl (C=O) groups is 3. The lowest BCUT2D eigenvalue weighted by atomic mass is 10.1. The number of anilines is 1. The van der Waals surface area contributed by atoms with Crippen molar-refractivity contribution in [3.05, 3.63) is 40.6 Å². The molecule has 0 aromatic heterocycles. The van der Waals surface area contributed by atoms with Crippen LogP contribution < -0.4 is 10.4 Å². The van der Waals surface area contributed by atoms with Gasteiger partial charge in [-0.15, -0.1) is 0 Å². The maximum Gasteiger partial charge on any atom is 0.357 e. The highest BCUT2D eigenvalue weighted by Gasteiger charge is 2.52. The van der Waals surface area contributed by atoms with Crippen molar-refractivity contribution in [3.8, 4) is 0 Å². The number of imide groups is 1. The molecule has 0 unspecified atom stereocenters. The van der Waals surface area contributed by atoms with Gasteiger partial charge in [0.2, 0.25) is 0 Å². The Bertz CT molecular complexity index is 698. The first-order chi connectivity index (χ1) is 10.5. The maximum absolute atomic E-state index is 12.5. The molecule has 2 amide bonds. The Morgan fingerprint density at radius 3 is 2.68 bits per heavy atom. The van der Waals surface area contributed by atoms with Gasteiger partial charge in [0.05, 0.1) is 17.9 Å². The van der Waals surface area contributed by atoms with Gasteiger partial charge in [-0.05, 0) is 31.2 Å². The summed E-state index contributed by atoms with van der Waals surface area (Å²) < 4.78 is 4.84. The highest BCUT2D eigenvalue weighted by molar-refractivity contribution is 6.33. The second-order valence-electron chi connectivity index (χ2n) is 4.56. The molecule has 0 aliphatic carbocycles. The molecule has 3 rings (SSSR count). The standard InChI is InChI=1S/C14H11ClN2O5/c1-2-21-14(20)10-9-11(22-16-10)13(19)17(12(9)18)8-5-3-7(15)4-6-8/h3-6,11,16H,2H2,1H3/t11-/m1/s1. The number of esters is 1. The zero-order valence-corrected chi connectivity index (χ0v) is 12.2. The van der Waals surface area contributed by atoms with Crippen molar-refractivity contribution in [2.45, 2.75) is 13.0 Å². The van der Waals surface area contributed by atoms with Crippen LogP contribution in [0, 0.1) is 0 Å². The van der Waals surface area contributed by atoms with E-state index in [0.717, 1.165) is 4.90 Å². The normalized spacial score (nSPS) is 20.3. The number of rotatable bonds is 3. The lowest BCUT2D eigenvalue weighted by Crippen LogP contribution is -2.35. The quantitative estimate of drug-likeness (QED) is 0.658. The fourth-order valence-corrected chi connectivity index (χ4v) is 2.41. The predicted octanol–water partition coefficient (Wildman–Crippen LogP) is 0.934. The molecule has 0 bridgehead atoms. The summed E-state index contributed by atoms with van der Waals surface area (Å²) in [6.07, 6.45) is -1.15. The molecule has 1 N–H and O–H groups in total. The average Bonchev–Trinajstić information content (AvgIpc) is 3.03. The van der Waals surface area contributed by atoms with Crippen LogP contribution in [0.15, 0.2) is 35.5 Å². The number of hydrogen-bond acceptors (Lipinski definition) is 6. The molecule has 22 heavy (non-hydrogen) atoms. The van der Waals surface area contributed by atoms with Gasteiger partial charge < -0.3 is 4.74 Å². The molecular formula is C14H11ClN2O5. The Balaban J connectivity index is 1.99. The van der Waals surface area contributed by atoms with Gasteiger partial charge in [-0.2, -0.15) is 0 Å². The number of benzene rings is 1. The molecule has 0 spiro atoms. The van der Waals surface area contributed by atoms with E-state index in [1.807, 2.05) is 0 Å². The van der Waals surface area contributed by atoms with Crippen molar-refractivity contribution >= 4 is 35.1 Å². The smallest absolute Gasteiger partial charge is 0.357 e. The highest BCUT2D eigenvalue weighted by Crippen LogP contribution is 2.33. The van der Waals surface area contributed by atoms with Gasteiger partial charge in [-0.25, -0.2) is 9.69 Å². The van der Waals surface area contributed by atoms with Gasteiger partial charge in [0, 0.05) is 5.02 Å². The van der Waals surface area contributed by atoms with Crippen LogP contribution in [0.5, 0.6) is 0 Å². The molecule has 1 saturated heterocycles. The summed E-state index contributed by atoms with van der Waals surface area (Å²) in [5.41, 5.74) is 2.48. The highest BCUT2D eigenvalue weighted by atomic mass is 35.5. The Labute approximate surface area is 130 Å². The third kappa shape index (κ3) is 2.15. The van der Waals surface area contributed by atoms with E-state index in [1.165, 1.54) is 12.1 Å². The number of halogens is 1. The van der Waals surface area contributed by atoms with Crippen LogP contribution in [-0.4, -0.2) is 30.5 Å². The summed E-state index contributed by atoms with van der Waals surface area (Å²) in [5.74, 6) is -1.93. The van der Waals surface area contributed by atoms with Crippen LogP contribution in [0.2, 0.25) is 5.02 Å². The first-order valence-corrected chi connectivity index (χ1v) is 6.89. The summed E-state index contributed by atoms with van der Waals surface area (Å²) in [5, 5.41) is 0.479. The number of ether oxygens (including phenoxy) is 1. The van der Waals surface area contributed by atoms with Crippen LogP contribution in [-0.2, 0) is 24.0 Å². The molecule has 114 valence electrons. The third-order valence-corrected chi connectivity index (χ3v) is 3.50.